The van der Waals surface area contributed by atoms with Gasteiger partial charge in [0.1, 0.15) is 0 Å². The Balaban J connectivity index is 1.99. The predicted octanol–water partition coefficient (Wildman–Crippen LogP) is 2.67. The molecule has 114 valence electrons. The molecule has 1 fully saturated rings. The third kappa shape index (κ3) is 2.32. The molecule has 1 atom stereocenters. The van der Waals surface area contributed by atoms with Crippen LogP contribution >= 0.6 is 11.8 Å². The summed E-state index contributed by atoms with van der Waals surface area (Å²) in [6.07, 6.45) is -4.73. The second-order valence-electron chi connectivity index (χ2n) is 5.28. The van der Waals surface area contributed by atoms with Gasteiger partial charge in [-0.05, 0) is 25.1 Å². The molecule has 1 N–H and O–H groups in total. The first-order valence-electron chi connectivity index (χ1n) is 6.77. The van der Waals surface area contributed by atoms with Crippen LogP contribution < -0.4 is 10.2 Å². The second kappa shape index (κ2) is 5.21. The number of thioether (sulfide) groups is 1. The molecular weight excluding hydrogens is 301 g/mol. The third-order valence-corrected chi connectivity index (χ3v) is 5.12. The van der Waals surface area contributed by atoms with Gasteiger partial charge in [0.05, 0.1) is 5.69 Å². The largest absolute Gasteiger partial charge is 0.404 e. The van der Waals surface area contributed by atoms with E-state index >= 15 is 0 Å². The van der Waals surface area contributed by atoms with Gasteiger partial charge in [-0.3, -0.25) is 4.79 Å². The molecule has 1 saturated heterocycles. The van der Waals surface area contributed by atoms with Crippen LogP contribution in [0.4, 0.5) is 18.9 Å². The van der Waals surface area contributed by atoms with Crippen molar-refractivity contribution in [2.24, 2.45) is 5.41 Å². The monoisotopic (exact) mass is 316 g/mol. The normalized spacial score (nSPS) is 25.8. The lowest BCUT2D eigenvalue weighted by Gasteiger charge is -2.37. The zero-order chi connectivity index (χ0) is 15.1. The van der Waals surface area contributed by atoms with E-state index in [-0.39, 0.29) is 19.5 Å². The third-order valence-electron chi connectivity index (χ3n) is 4.08. The maximum atomic E-state index is 13.5. The number of nitrogens with one attached hydrogen (secondary N) is 1. The van der Waals surface area contributed by atoms with Crippen molar-refractivity contribution < 1.29 is 18.0 Å². The molecule has 0 aliphatic carbocycles. The highest BCUT2D eigenvalue weighted by molar-refractivity contribution is 7.99. The van der Waals surface area contributed by atoms with Crippen LogP contribution in [0.5, 0.6) is 0 Å². The van der Waals surface area contributed by atoms with Gasteiger partial charge in [0, 0.05) is 23.7 Å². The minimum atomic E-state index is -4.53. The van der Waals surface area contributed by atoms with Crippen molar-refractivity contribution in [2.45, 2.75) is 17.5 Å². The summed E-state index contributed by atoms with van der Waals surface area (Å²) in [6.45, 7) is 0.203. The van der Waals surface area contributed by atoms with E-state index in [1.54, 1.807) is 23.9 Å². The number of amides is 1. The number of halogens is 3. The number of rotatable bonds is 1. The van der Waals surface area contributed by atoms with Crippen LogP contribution in [0.3, 0.4) is 0 Å². The van der Waals surface area contributed by atoms with E-state index in [1.165, 1.54) is 4.90 Å². The van der Waals surface area contributed by atoms with Crippen molar-refractivity contribution in [3.63, 3.8) is 0 Å². The molecule has 1 aromatic carbocycles. The molecule has 2 heterocycles. The average molecular weight is 316 g/mol. The van der Waals surface area contributed by atoms with Crippen LogP contribution in [0.15, 0.2) is 29.2 Å². The van der Waals surface area contributed by atoms with Gasteiger partial charge in [0.25, 0.3) is 0 Å². The molecule has 1 unspecified atom stereocenters. The number of fused-ring (bicyclic) bond motifs is 1. The van der Waals surface area contributed by atoms with Gasteiger partial charge in [-0.2, -0.15) is 13.2 Å². The lowest BCUT2D eigenvalue weighted by molar-refractivity contribution is -0.214. The van der Waals surface area contributed by atoms with Gasteiger partial charge in [-0.25, -0.2) is 0 Å². The minimum absolute atomic E-state index is 0.193. The molecule has 0 saturated carbocycles. The van der Waals surface area contributed by atoms with Crippen LogP contribution in [0.1, 0.15) is 6.42 Å². The van der Waals surface area contributed by atoms with Gasteiger partial charge in [0.2, 0.25) is 5.91 Å². The van der Waals surface area contributed by atoms with Crippen LogP contribution in [0, 0.1) is 5.41 Å². The fourth-order valence-corrected chi connectivity index (χ4v) is 3.87. The lowest BCUT2D eigenvalue weighted by atomic mass is 9.84. The number of alkyl halides is 3. The summed E-state index contributed by atoms with van der Waals surface area (Å²) in [5, 5.41) is 2.69. The Bertz CT molecular complexity index is 555. The molecule has 3 nitrogen and oxygen atoms in total. The standard InChI is InChI=1S/C14H15F3N2OS/c15-14(16,17)13(5-6-18-9-13)12(20)19-7-8-21-11-4-2-1-3-10(11)19/h1-4,18H,5-9H2. The molecular formula is C14H15F3N2OS. The highest BCUT2D eigenvalue weighted by Gasteiger charge is 2.62. The number of nitrogens with zero attached hydrogens (tertiary/aromatic N) is 1. The molecule has 2 aliphatic heterocycles. The summed E-state index contributed by atoms with van der Waals surface area (Å²) in [5.41, 5.74) is -1.70. The Morgan fingerprint density at radius 2 is 2.10 bits per heavy atom. The maximum absolute atomic E-state index is 13.5. The Kier molecular flexibility index (Phi) is 3.65. The molecule has 0 radical (unpaired) electrons. The Morgan fingerprint density at radius 3 is 2.76 bits per heavy atom. The zero-order valence-electron chi connectivity index (χ0n) is 11.2. The van der Waals surface area contributed by atoms with Gasteiger partial charge in [-0.15, -0.1) is 11.8 Å². The average Bonchev–Trinajstić information content (AvgIpc) is 2.96. The van der Waals surface area contributed by atoms with Gasteiger partial charge >= 0.3 is 6.18 Å². The highest BCUT2D eigenvalue weighted by atomic mass is 32.2. The number of hydrogen-bond donors (Lipinski definition) is 1. The number of carbonyl (C=O) groups is 1. The molecule has 21 heavy (non-hydrogen) atoms. The lowest BCUT2D eigenvalue weighted by Crippen LogP contribution is -2.54. The Labute approximate surface area is 124 Å². The van der Waals surface area contributed by atoms with E-state index < -0.39 is 17.5 Å². The molecule has 1 amide bonds. The van der Waals surface area contributed by atoms with Gasteiger partial charge < -0.3 is 10.2 Å². The molecule has 0 spiro atoms. The van der Waals surface area contributed by atoms with Crippen LogP contribution in [0.2, 0.25) is 0 Å². The van der Waals surface area contributed by atoms with Gasteiger partial charge in [0.15, 0.2) is 5.41 Å². The van der Waals surface area contributed by atoms with E-state index in [0.29, 0.717) is 18.0 Å². The van der Waals surface area contributed by atoms with Crippen molar-refractivity contribution in [3.05, 3.63) is 24.3 Å². The van der Waals surface area contributed by atoms with E-state index in [9.17, 15) is 18.0 Å². The summed E-state index contributed by atoms with van der Waals surface area (Å²) >= 11 is 1.57. The first-order chi connectivity index (χ1) is 9.96. The molecule has 0 bridgehead atoms. The van der Waals surface area contributed by atoms with Crippen LogP contribution in [0.25, 0.3) is 0 Å². The van der Waals surface area contributed by atoms with E-state index in [2.05, 4.69) is 5.32 Å². The number of para-hydroxylation sites is 1. The van der Waals surface area contributed by atoms with Crippen LogP contribution in [-0.2, 0) is 4.79 Å². The maximum Gasteiger partial charge on any atom is 0.404 e. The summed E-state index contributed by atoms with van der Waals surface area (Å²) in [5.74, 6) is -0.211. The van der Waals surface area contributed by atoms with Crippen molar-refractivity contribution >= 4 is 23.4 Å². The molecule has 2 aliphatic rings. The smallest absolute Gasteiger partial charge is 0.315 e. The molecule has 1 aromatic rings. The number of hydrogen-bond acceptors (Lipinski definition) is 3. The van der Waals surface area contributed by atoms with Crippen molar-refractivity contribution in [1.82, 2.24) is 5.32 Å². The van der Waals surface area contributed by atoms with Gasteiger partial charge in [-0.1, -0.05) is 12.1 Å². The topological polar surface area (TPSA) is 32.3 Å². The summed E-state index contributed by atoms with van der Waals surface area (Å²) < 4.78 is 40.5. The fourth-order valence-electron chi connectivity index (χ4n) is 2.88. The summed E-state index contributed by atoms with van der Waals surface area (Å²) in [7, 11) is 0. The van der Waals surface area contributed by atoms with Crippen molar-refractivity contribution in [2.75, 3.05) is 30.3 Å². The van der Waals surface area contributed by atoms with E-state index in [0.717, 1.165) is 4.90 Å². The summed E-state index contributed by atoms with van der Waals surface area (Å²) in [4.78, 5) is 14.9. The fraction of sp³-hybridized carbons (Fsp3) is 0.500. The SMILES string of the molecule is O=C(N1CCSc2ccccc21)C1(C(F)(F)F)CCNC1. The Morgan fingerprint density at radius 1 is 1.33 bits per heavy atom. The highest BCUT2D eigenvalue weighted by Crippen LogP contribution is 2.46. The number of anilines is 1. The first kappa shape index (κ1) is 14.7. The quantitative estimate of drug-likeness (QED) is 0.864. The van der Waals surface area contributed by atoms with E-state index in [1.807, 2.05) is 12.1 Å². The molecule has 0 aromatic heterocycles. The van der Waals surface area contributed by atoms with Crippen molar-refractivity contribution in [1.29, 1.82) is 0 Å². The van der Waals surface area contributed by atoms with E-state index in [4.69, 9.17) is 0 Å². The first-order valence-corrected chi connectivity index (χ1v) is 7.75. The molecule has 7 heteroatoms. The Hall–Kier alpha value is -1.21. The number of carbonyl (C=O) groups excluding carboxylic acids is 1. The summed E-state index contributed by atoms with van der Waals surface area (Å²) in [6, 6.07) is 7.13. The number of benzene rings is 1. The van der Waals surface area contributed by atoms with Crippen LogP contribution in [-0.4, -0.2) is 37.5 Å². The molecule has 3 rings (SSSR count). The predicted molar refractivity (Wildman–Crippen MR) is 75.5 cm³/mol. The van der Waals surface area contributed by atoms with Crippen molar-refractivity contribution in [3.8, 4) is 0 Å². The second-order valence-corrected chi connectivity index (χ2v) is 6.42. The zero-order valence-corrected chi connectivity index (χ0v) is 12.1. The minimum Gasteiger partial charge on any atom is -0.315 e.